The highest BCUT2D eigenvalue weighted by Crippen LogP contribution is 2.22. The van der Waals surface area contributed by atoms with Crippen LogP contribution in [-0.2, 0) is 14.8 Å². The first kappa shape index (κ1) is 21.4. The molecule has 0 saturated carbocycles. The Labute approximate surface area is 178 Å². The summed E-state index contributed by atoms with van der Waals surface area (Å²) >= 11 is 5.97. The number of hydrogen-bond donors (Lipinski definition) is 2. The van der Waals surface area contributed by atoms with E-state index in [0.29, 0.717) is 16.9 Å². The first-order valence-corrected chi connectivity index (χ1v) is 10.5. The highest BCUT2D eigenvalue weighted by atomic mass is 35.5. The summed E-state index contributed by atoms with van der Waals surface area (Å²) in [4.78, 5) is 24.3. The smallest absolute Gasteiger partial charge is 0.339 e. The summed E-state index contributed by atoms with van der Waals surface area (Å²) in [7, 11) is -2.49. The van der Waals surface area contributed by atoms with E-state index in [2.05, 4.69) is 14.8 Å². The van der Waals surface area contributed by atoms with E-state index >= 15 is 0 Å². The van der Waals surface area contributed by atoms with Gasteiger partial charge in [0.25, 0.3) is 15.9 Å². The molecular formula is C21H17ClN2O5S. The third-order valence-electron chi connectivity index (χ3n) is 4.08. The van der Waals surface area contributed by atoms with E-state index in [4.69, 9.17) is 11.6 Å². The van der Waals surface area contributed by atoms with Gasteiger partial charge in [-0.1, -0.05) is 29.8 Å². The van der Waals surface area contributed by atoms with E-state index in [-0.39, 0.29) is 15.5 Å². The molecule has 0 aliphatic rings. The summed E-state index contributed by atoms with van der Waals surface area (Å²) in [6.07, 6.45) is 0. The first-order valence-electron chi connectivity index (χ1n) is 8.67. The van der Waals surface area contributed by atoms with Crippen molar-refractivity contribution in [1.29, 1.82) is 0 Å². The van der Waals surface area contributed by atoms with E-state index in [9.17, 15) is 18.0 Å². The predicted molar refractivity (Wildman–Crippen MR) is 114 cm³/mol. The van der Waals surface area contributed by atoms with Crippen molar-refractivity contribution in [3.63, 3.8) is 0 Å². The molecule has 9 heteroatoms. The van der Waals surface area contributed by atoms with Crippen molar-refractivity contribution in [3.05, 3.63) is 88.9 Å². The van der Waals surface area contributed by atoms with Gasteiger partial charge in [-0.15, -0.1) is 0 Å². The van der Waals surface area contributed by atoms with Crippen LogP contribution in [0, 0.1) is 0 Å². The lowest BCUT2D eigenvalue weighted by Crippen LogP contribution is -2.14. The molecule has 0 unspecified atom stereocenters. The van der Waals surface area contributed by atoms with Crippen molar-refractivity contribution in [1.82, 2.24) is 0 Å². The largest absolute Gasteiger partial charge is 0.465 e. The van der Waals surface area contributed by atoms with Crippen LogP contribution in [0.25, 0.3) is 0 Å². The Morgan fingerprint density at radius 2 is 1.53 bits per heavy atom. The van der Waals surface area contributed by atoms with E-state index in [0.717, 1.165) is 0 Å². The average Bonchev–Trinajstić information content (AvgIpc) is 2.75. The van der Waals surface area contributed by atoms with Gasteiger partial charge in [0.15, 0.2) is 0 Å². The Hall–Kier alpha value is -3.36. The minimum atomic E-state index is -3.72. The third kappa shape index (κ3) is 4.97. The Morgan fingerprint density at radius 3 is 2.17 bits per heavy atom. The Bertz CT molecular complexity index is 1180. The van der Waals surface area contributed by atoms with Crippen molar-refractivity contribution in [2.75, 3.05) is 17.1 Å². The summed E-state index contributed by atoms with van der Waals surface area (Å²) in [6.45, 7) is 0. The van der Waals surface area contributed by atoms with Crippen molar-refractivity contribution in [3.8, 4) is 0 Å². The molecule has 0 bridgehead atoms. The third-order valence-corrected chi connectivity index (χ3v) is 5.81. The number of carbonyl (C=O) groups excluding carboxylic acids is 2. The van der Waals surface area contributed by atoms with E-state index in [1.54, 1.807) is 24.3 Å². The van der Waals surface area contributed by atoms with Gasteiger partial charge in [0, 0.05) is 16.9 Å². The molecule has 1 amide bonds. The predicted octanol–water partition coefficient (Wildman–Crippen LogP) is 4.18. The number of benzene rings is 3. The topological polar surface area (TPSA) is 102 Å². The lowest BCUT2D eigenvalue weighted by molar-refractivity contribution is 0.0600. The van der Waals surface area contributed by atoms with E-state index < -0.39 is 21.9 Å². The van der Waals surface area contributed by atoms with Crippen molar-refractivity contribution < 1.29 is 22.7 Å². The van der Waals surface area contributed by atoms with Crippen LogP contribution < -0.4 is 10.0 Å². The number of ether oxygens (including phenoxy) is 1. The molecule has 7 nitrogen and oxygen atoms in total. The first-order chi connectivity index (χ1) is 14.3. The second-order valence-corrected chi connectivity index (χ2v) is 8.23. The molecule has 0 radical (unpaired) electrons. The number of esters is 1. The van der Waals surface area contributed by atoms with Crippen LogP contribution in [0.2, 0.25) is 5.02 Å². The molecular weight excluding hydrogens is 428 g/mol. The lowest BCUT2D eigenvalue weighted by atomic mass is 10.1. The standard InChI is InChI=1S/C21H17ClN2O5S/c1-29-21(26)18-13-16(11-12-19(18)22)23-20(25)14-7-9-15(10-8-14)24-30(27,28)17-5-3-2-4-6-17/h2-13,24H,1H3,(H,23,25). The van der Waals surface area contributed by atoms with Gasteiger partial charge in [0.05, 0.1) is 22.6 Å². The van der Waals surface area contributed by atoms with Gasteiger partial charge in [0.2, 0.25) is 0 Å². The highest BCUT2D eigenvalue weighted by molar-refractivity contribution is 7.92. The van der Waals surface area contributed by atoms with Gasteiger partial charge >= 0.3 is 5.97 Å². The minimum absolute atomic E-state index is 0.127. The molecule has 0 atom stereocenters. The zero-order valence-electron chi connectivity index (χ0n) is 15.8. The molecule has 0 aliphatic carbocycles. The average molecular weight is 445 g/mol. The fourth-order valence-electron chi connectivity index (χ4n) is 2.58. The maximum absolute atomic E-state index is 12.5. The molecule has 2 N–H and O–H groups in total. The zero-order chi connectivity index (χ0) is 21.7. The number of sulfonamides is 1. The summed E-state index contributed by atoms with van der Waals surface area (Å²) in [5, 5.41) is 2.86. The monoisotopic (exact) mass is 444 g/mol. The van der Waals surface area contributed by atoms with Gasteiger partial charge in [-0.25, -0.2) is 13.2 Å². The van der Waals surface area contributed by atoms with Crippen molar-refractivity contribution in [2.45, 2.75) is 4.90 Å². The molecule has 0 aliphatic heterocycles. The zero-order valence-corrected chi connectivity index (χ0v) is 17.3. The molecule has 0 spiro atoms. The van der Waals surface area contributed by atoms with E-state index in [1.807, 2.05) is 0 Å². The quantitative estimate of drug-likeness (QED) is 0.555. The van der Waals surface area contributed by atoms with Gasteiger partial charge in [-0.05, 0) is 54.6 Å². The summed E-state index contributed by atoms with van der Waals surface area (Å²) in [5.74, 6) is -1.06. The van der Waals surface area contributed by atoms with Gasteiger partial charge in [-0.3, -0.25) is 9.52 Å². The molecule has 30 heavy (non-hydrogen) atoms. The molecule has 0 saturated heterocycles. The number of halogens is 1. The second kappa shape index (κ2) is 8.98. The molecule has 0 aromatic heterocycles. The van der Waals surface area contributed by atoms with Crippen LogP contribution in [0.1, 0.15) is 20.7 Å². The summed E-state index contributed by atoms with van der Waals surface area (Å²) in [5.41, 5.74) is 1.10. The van der Waals surface area contributed by atoms with E-state index in [1.165, 1.54) is 55.6 Å². The summed E-state index contributed by atoms with van der Waals surface area (Å²) < 4.78 is 31.8. The molecule has 3 aromatic carbocycles. The SMILES string of the molecule is COC(=O)c1cc(NC(=O)c2ccc(NS(=O)(=O)c3ccccc3)cc2)ccc1Cl. The van der Waals surface area contributed by atoms with Gasteiger partial charge < -0.3 is 10.1 Å². The van der Waals surface area contributed by atoms with Crippen LogP contribution in [-0.4, -0.2) is 27.4 Å². The molecule has 3 rings (SSSR count). The number of anilines is 2. The van der Waals surface area contributed by atoms with Crippen LogP contribution in [0.3, 0.4) is 0 Å². The molecule has 0 fully saturated rings. The number of carbonyl (C=O) groups is 2. The van der Waals surface area contributed by atoms with Crippen LogP contribution in [0.15, 0.2) is 77.7 Å². The minimum Gasteiger partial charge on any atom is -0.465 e. The Kier molecular flexibility index (Phi) is 6.39. The number of nitrogens with one attached hydrogen (secondary N) is 2. The highest BCUT2D eigenvalue weighted by Gasteiger charge is 2.15. The van der Waals surface area contributed by atoms with Crippen LogP contribution >= 0.6 is 11.6 Å². The van der Waals surface area contributed by atoms with Crippen LogP contribution in [0.5, 0.6) is 0 Å². The number of rotatable bonds is 6. The Morgan fingerprint density at radius 1 is 0.900 bits per heavy atom. The maximum Gasteiger partial charge on any atom is 0.339 e. The maximum atomic E-state index is 12.5. The lowest BCUT2D eigenvalue weighted by Gasteiger charge is -2.10. The Balaban J connectivity index is 1.72. The molecule has 3 aromatic rings. The van der Waals surface area contributed by atoms with Gasteiger partial charge in [-0.2, -0.15) is 0 Å². The fourth-order valence-corrected chi connectivity index (χ4v) is 3.85. The number of hydrogen-bond acceptors (Lipinski definition) is 5. The number of methoxy groups -OCH3 is 1. The van der Waals surface area contributed by atoms with Crippen molar-refractivity contribution >= 4 is 44.9 Å². The molecule has 0 heterocycles. The van der Waals surface area contributed by atoms with Gasteiger partial charge in [0.1, 0.15) is 0 Å². The van der Waals surface area contributed by atoms with Crippen LogP contribution in [0.4, 0.5) is 11.4 Å². The van der Waals surface area contributed by atoms with Crippen molar-refractivity contribution in [2.24, 2.45) is 0 Å². The molecule has 154 valence electrons. The normalized spacial score (nSPS) is 10.9. The second-order valence-electron chi connectivity index (χ2n) is 6.14. The summed E-state index contributed by atoms with van der Waals surface area (Å²) in [6, 6.07) is 18.3. The fraction of sp³-hybridized carbons (Fsp3) is 0.0476. The number of amides is 1.